The van der Waals surface area contributed by atoms with Crippen molar-refractivity contribution < 1.29 is 12.8 Å². The van der Waals surface area contributed by atoms with Crippen LogP contribution in [0.3, 0.4) is 0 Å². The van der Waals surface area contributed by atoms with Crippen LogP contribution in [-0.2, 0) is 10.0 Å². The normalized spacial score (nSPS) is 11.4. The quantitative estimate of drug-likeness (QED) is 0.828. The van der Waals surface area contributed by atoms with Crippen molar-refractivity contribution in [3.05, 3.63) is 51.8 Å². The molecule has 0 aliphatic rings. The maximum Gasteiger partial charge on any atom is 0.261 e. The minimum Gasteiger partial charge on any atom is -0.396 e. The van der Waals surface area contributed by atoms with Crippen LogP contribution in [0.15, 0.2) is 35.2 Å². The molecule has 2 rings (SSSR count). The number of nitrogen functional groups attached to an aromatic ring is 1. The monoisotopic (exact) mass is 348 g/mol. The lowest BCUT2D eigenvalue weighted by molar-refractivity contribution is 0.599. The van der Waals surface area contributed by atoms with E-state index in [4.69, 9.17) is 28.9 Å². The number of hydrogen-bond donors (Lipinski definition) is 2. The van der Waals surface area contributed by atoms with Gasteiger partial charge in [0.15, 0.2) is 0 Å². The molecule has 3 N–H and O–H groups in total. The van der Waals surface area contributed by atoms with Gasteiger partial charge in [-0.05, 0) is 42.8 Å². The minimum atomic E-state index is -3.92. The Kier molecular flexibility index (Phi) is 4.32. The number of rotatable bonds is 3. The van der Waals surface area contributed by atoms with Crippen LogP contribution in [0.5, 0.6) is 0 Å². The number of nitrogens with two attached hydrogens (primary N) is 1. The molecule has 0 saturated heterocycles. The van der Waals surface area contributed by atoms with Gasteiger partial charge < -0.3 is 5.73 Å². The first kappa shape index (κ1) is 15.9. The number of anilines is 2. The molecule has 0 unspecified atom stereocenters. The molecule has 0 aliphatic carbocycles. The van der Waals surface area contributed by atoms with Crippen LogP contribution >= 0.6 is 23.2 Å². The Morgan fingerprint density at radius 2 is 1.67 bits per heavy atom. The molecule has 0 heterocycles. The van der Waals surface area contributed by atoms with Crippen LogP contribution in [0.2, 0.25) is 10.0 Å². The molecule has 0 aromatic heterocycles. The van der Waals surface area contributed by atoms with Gasteiger partial charge in [-0.15, -0.1) is 0 Å². The fourth-order valence-corrected chi connectivity index (χ4v) is 3.43. The van der Waals surface area contributed by atoms with Gasteiger partial charge in [-0.25, -0.2) is 12.8 Å². The summed E-state index contributed by atoms with van der Waals surface area (Å²) in [5.74, 6) is -0.639. The molecule has 2 aromatic rings. The molecular formula is C13H11Cl2FN2O2S. The smallest absolute Gasteiger partial charge is 0.261 e. The van der Waals surface area contributed by atoms with Gasteiger partial charge in [-0.3, -0.25) is 4.72 Å². The third-order valence-corrected chi connectivity index (χ3v) is 4.48. The van der Waals surface area contributed by atoms with Crippen LogP contribution in [0, 0.1) is 12.7 Å². The Morgan fingerprint density at radius 3 is 2.19 bits per heavy atom. The minimum absolute atomic E-state index is 0.138. The third-order valence-electron chi connectivity index (χ3n) is 2.68. The predicted octanol–water partition coefficient (Wildman–Crippen LogP) is 3.82. The first-order valence-corrected chi connectivity index (χ1v) is 7.97. The molecule has 2 aromatic carbocycles. The molecule has 21 heavy (non-hydrogen) atoms. The van der Waals surface area contributed by atoms with Crippen LogP contribution in [0.1, 0.15) is 5.56 Å². The van der Waals surface area contributed by atoms with E-state index in [0.29, 0.717) is 0 Å². The summed E-state index contributed by atoms with van der Waals surface area (Å²) >= 11 is 11.6. The molecule has 0 saturated carbocycles. The van der Waals surface area contributed by atoms with E-state index in [1.165, 1.54) is 31.2 Å². The molecule has 8 heteroatoms. The van der Waals surface area contributed by atoms with E-state index < -0.39 is 15.8 Å². The van der Waals surface area contributed by atoms with Crippen LogP contribution < -0.4 is 10.5 Å². The maximum atomic E-state index is 13.5. The molecular weight excluding hydrogens is 338 g/mol. The molecule has 0 fully saturated rings. The number of sulfonamides is 1. The number of nitrogens with one attached hydrogen (secondary N) is 1. The van der Waals surface area contributed by atoms with E-state index in [9.17, 15) is 12.8 Å². The summed E-state index contributed by atoms with van der Waals surface area (Å²) in [6, 6.07) is 6.54. The van der Waals surface area contributed by atoms with Crippen molar-refractivity contribution >= 4 is 44.6 Å². The lowest BCUT2D eigenvalue weighted by Gasteiger charge is -2.11. The SMILES string of the molecule is Cc1cc(S(=O)(=O)Nc2cc(Cl)cc(Cl)c2)cc(N)c1F. The van der Waals surface area contributed by atoms with E-state index in [-0.39, 0.29) is 31.9 Å². The fraction of sp³-hybridized carbons (Fsp3) is 0.0769. The second-order valence-corrected chi connectivity index (χ2v) is 6.96. The lowest BCUT2D eigenvalue weighted by atomic mass is 10.2. The average Bonchev–Trinajstić information content (AvgIpc) is 2.33. The topological polar surface area (TPSA) is 72.2 Å². The summed E-state index contributed by atoms with van der Waals surface area (Å²) in [6.45, 7) is 1.43. The van der Waals surface area contributed by atoms with Gasteiger partial charge >= 0.3 is 0 Å². The number of hydrogen-bond acceptors (Lipinski definition) is 3. The summed E-state index contributed by atoms with van der Waals surface area (Å²) in [5, 5.41) is 0.574. The van der Waals surface area contributed by atoms with E-state index in [2.05, 4.69) is 4.72 Å². The van der Waals surface area contributed by atoms with Crippen molar-refractivity contribution in [1.29, 1.82) is 0 Å². The van der Waals surface area contributed by atoms with Gasteiger partial charge in [0.05, 0.1) is 16.3 Å². The van der Waals surface area contributed by atoms with Gasteiger partial charge in [0, 0.05) is 10.0 Å². The van der Waals surface area contributed by atoms with Crippen molar-refractivity contribution in [1.82, 2.24) is 0 Å². The van der Waals surface area contributed by atoms with Gasteiger partial charge in [-0.2, -0.15) is 0 Å². The summed E-state index contributed by atoms with van der Waals surface area (Å²) in [7, 11) is -3.92. The molecule has 0 radical (unpaired) electrons. The van der Waals surface area contributed by atoms with E-state index in [1.54, 1.807) is 0 Å². The zero-order chi connectivity index (χ0) is 15.8. The van der Waals surface area contributed by atoms with Crippen molar-refractivity contribution in [2.75, 3.05) is 10.5 Å². The first-order chi connectivity index (χ1) is 9.69. The zero-order valence-electron chi connectivity index (χ0n) is 10.8. The number of halogens is 3. The van der Waals surface area contributed by atoms with E-state index >= 15 is 0 Å². The molecule has 0 aliphatic heterocycles. The molecule has 0 amide bonds. The largest absolute Gasteiger partial charge is 0.396 e. The Bertz CT molecular complexity index is 767. The molecule has 0 spiro atoms. The molecule has 4 nitrogen and oxygen atoms in total. The van der Waals surface area contributed by atoms with Crippen LogP contribution in [0.4, 0.5) is 15.8 Å². The highest BCUT2D eigenvalue weighted by Crippen LogP contribution is 2.26. The van der Waals surface area contributed by atoms with Crippen molar-refractivity contribution in [2.24, 2.45) is 0 Å². The summed E-state index contributed by atoms with van der Waals surface area (Å²) in [4.78, 5) is -0.144. The zero-order valence-corrected chi connectivity index (χ0v) is 13.2. The summed E-state index contributed by atoms with van der Waals surface area (Å²) in [5.41, 5.74) is 5.55. The van der Waals surface area contributed by atoms with Gasteiger partial charge in [0.1, 0.15) is 5.82 Å². The lowest BCUT2D eigenvalue weighted by Crippen LogP contribution is -2.14. The van der Waals surface area contributed by atoms with Crippen LogP contribution in [0.25, 0.3) is 0 Å². The Morgan fingerprint density at radius 1 is 1.10 bits per heavy atom. The highest BCUT2D eigenvalue weighted by Gasteiger charge is 2.18. The summed E-state index contributed by atoms with van der Waals surface area (Å²) < 4.78 is 40.3. The fourth-order valence-electron chi connectivity index (χ4n) is 1.74. The highest BCUT2D eigenvalue weighted by molar-refractivity contribution is 7.92. The number of aryl methyl sites for hydroxylation is 1. The van der Waals surface area contributed by atoms with Crippen molar-refractivity contribution in [3.63, 3.8) is 0 Å². The second-order valence-electron chi connectivity index (χ2n) is 4.41. The Hall–Kier alpha value is -1.50. The standard InChI is InChI=1S/C13H11Cl2FN2O2S/c1-7-2-11(6-12(17)13(7)16)21(19,20)18-10-4-8(14)3-9(15)5-10/h2-6,18H,17H2,1H3. The Balaban J connectivity index is 2.43. The van der Waals surface area contributed by atoms with Crippen molar-refractivity contribution in [2.45, 2.75) is 11.8 Å². The number of benzene rings is 2. The van der Waals surface area contributed by atoms with Crippen molar-refractivity contribution in [3.8, 4) is 0 Å². The molecule has 112 valence electrons. The van der Waals surface area contributed by atoms with Gasteiger partial charge in [0.2, 0.25) is 0 Å². The summed E-state index contributed by atoms with van der Waals surface area (Å²) in [6.07, 6.45) is 0. The van der Waals surface area contributed by atoms with Gasteiger partial charge in [0.25, 0.3) is 10.0 Å². The van der Waals surface area contributed by atoms with Gasteiger partial charge in [-0.1, -0.05) is 23.2 Å². The predicted molar refractivity (Wildman–Crippen MR) is 82.8 cm³/mol. The average molecular weight is 349 g/mol. The molecule has 0 atom stereocenters. The highest BCUT2D eigenvalue weighted by atomic mass is 35.5. The molecule has 0 bridgehead atoms. The van der Waals surface area contributed by atoms with E-state index in [0.717, 1.165) is 6.07 Å². The second kappa shape index (κ2) is 5.71. The third kappa shape index (κ3) is 3.58. The van der Waals surface area contributed by atoms with E-state index in [1.807, 2.05) is 0 Å². The van der Waals surface area contributed by atoms with Crippen LogP contribution in [-0.4, -0.2) is 8.42 Å². The Labute approximate surface area is 131 Å². The maximum absolute atomic E-state index is 13.5. The first-order valence-electron chi connectivity index (χ1n) is 5.73.